The first kappa shape index (κ1) is 17.8. The summed E-state index contributed by atoms with van der Waals surface area (Å²) in [4.78, 5) is 14.6. The van der Waals surface area contributed by atoms with Crippen molar-refractivity contribution in [1.82, 2.24) is 10.2 Å². The van der Waals surface area contributed by atoms with Crippen molar-refractivity contribution in [2.24, 2.45) is 0 Å². The zero-order chi connectivity index (χ0) is 17.5. The first-order chi connectivity index (χ1) is 11.6. The molecule has 0 bridgehead atoms. The Labute approximate surface area is 143 Å². The number of nitrogens with one attached hydrogen (secondary N) is 1. The minimum atomic E-state index is -0.158. The van der Waals surface area contributed by atoms with Gasteiger partial charge in [-0.05, 0) is 32.3 Å². The number of hydrogen-bond acceptors (Lipinski definition) is 4. The highest BCUT2D eigenvalue weighted by Crippen LogP contribution is 2.27. The van der Waals surface area contributed by atoms with E-state index in [2.05, 4.69) is 10.2 Å². The summed E-state index contributed by atoms with van der Waals surface area (Å²) >= 11 is 0. The monoisotopic (exact) mass is 328 g/mol. The maximum Gasteiger partial charge on any atom is 0.255 e. The van der Waals surface area contributed by atoms with Crippen molar-refractivity contribution >= 4 is 5.91 Å². The molecule has 5 heteroatoms. The molecule has 0 aliphatic rings. The molecule has 0 spiro atoms. The minimum absolute atomic E-state index is 0.000179. The Hall–Kier alpha value is -2.53. The molecular weight excluding hydrogens is 304 g/mol. The lowest BCUT2D eigenvalue weighted by Crippen LogP contribution is -2.34. The van der Waals surface area contributed by atoms with E-state index in [4.69, 9.17) is 9.47 Å². The van der Waals surface area contributed by atoms with Crippen LogP contribution in [-0.2, 0) is 0 Å². The SMILES string of the molecule is COc1ccccc1C(=O)NCC(c1ccccc1OC)N(C)C. The predicted molar refractivity (Wildman–Crippen MR) is 94.7 cm³/mol. The molecule has 128 valence electrons. The van der Waals surface area contributed by atoms with Crippen LogP contribution in [0.5, 0.6) is 11.5 Å². The molecule has 5 nitrogen and oxygen atoms in total. The Morgan fingerprint density at radius 1 is 1.00 bits per heavy atom. The number of amides is 1. The first-order valence-corrected chi connectivity index (χ1v) is 7.79. The summed E-state index contributed by atoms with van der Waals surface area (Å²) in [5.74, 6) is 1.21. The fourth-order valence-corrected chi connectivity index (χ4v) is 2.63. The number of nitrogens with zero attached hydrogens (tertiary/aromatic N) is 1. The summed E-state index contributed by atoms with van der Waals surface area (Å²) in [6.45, 7) is 0.463. The van der Waals surface area contributed by atoms with Gasteiger partial charge in [-0.3, -0.25) is 4.79 Å². The third kappa shape index (κ3) is 4.06. The van der Waals surface area contributed by atoms with Gasteiger partial charge in [0.15, 0.2) is 0 Å². The van der Waals surface area contributed by atoms with E-state index < -0.39 is 0 Å². The molecule has 0 fully saturated rings. The number of para-hydroxylation sites is 2. The molecule has 24 heavy (non-hydrogen) atoms. The molecule has 1 unspecified atom stereocenters. The maximum absolute atomic E-state index is 12.5. The predicted octanol–water partition coefficient (Wildman–Crippen LogP) is 2.74. The maximum atomic E-state index is 12.5. The largest absolute Gasteiger partial charge is 0.496 e. The highest BCUT2D eigenvalue weighted by atomic mass is 16.5. The Bertz CT molecular complexity index is 686. The van der Waals surface area contributed by atoms with E-state index in [1.165, 1.54) is 0 Å². The van der Waals surface area contributed by atoms with E-state index in [1.807, 2.05) is 50.5 Å². The second kappa shape index (κ2) is 8.36. The topological polar surface area (TPSA) is 50.8 Å². The van der Waals surface area contributed by atoms with Gasteiger partial charge in [0.25, 0.3) is 5.91 Å². The van der Waals surface area contributed by atoms with E-state index in [9.17, 15) is 4.79 Å². The fraction of sp³-hybridized carbons (Fsp3) is 0.316. The smallest absolute Gasteiger partial charge is 0.255 e. The number of methoxy groups -OCH3 is 2. The fourth-order valence-electron chi connectivity index (χ4n) is 2.63. The van der Waals surface area contributed by atoms with Crippen molar-refractivity contribution in [3.8, 4) is 11.5 Å². The van der Waals surface area contributed by atoms with Crippen molar-refractivity contribution in [3.05, 3.63) is 59.7 Å². The molecule has 2 aromatic carbocycles. The van der Waals surface area contributed by atoms with Crippen molar-refractivity contribution < 1.29 is 14.3 Å². The van der Waals surface area contributed by atoms with Crippen LogP contribution < -0.4 is 14.8 Å². The van der Waals surface area contributed by atoms with Crippen LogP contribution in [0.25, 0.3) is 0 Å². The Balaban J connectivity index is 2.16. The molecule has 1 N–H and O–H groups in total. The average molecular weight is 328 g/mol. The van der Waals surface area contributed by atoms with E-state index in [0.29, 0.717) is 17.9 Å². The summed E-state index contributed by atoms with van der Waals surface area (Å²) in [7, 11) is 7.17. The van der Waals surface area contributed by atoms with Gasteiger partial charge >= 0.3 is 0 Å². The van der Waals surface area contributed by atoms with Gasteiger partial charge in [0.2, 0.25) is 0 Å². The van der Waals surface area contributed by atoms with Gasteiger partial charge in [-0.1, -0.05) is 30.3 Å². The lowest BCUT2D eigenvalue weighted by Gasteiger charge is -2.26. The van der Waals surface area contributed by atoms with Crippen molar-refractivity contribution in [2.45, 2.75) is 6.04 Å². The van der Waals surface area contributed by atoms with Gasteiger partial charge in [-0.15, -0.1) is 0 Å². The molecular formula is C19H24N2O3. The number of benzene rings is 2. The quantitative estimate of drug-likeness (QED) is 0.849. The van der Waals surface area contributed by atoms with Gasteiger partial charge in [0.05, 0.1) is 25.8 Å². The molecule has 0 saturated carbocycles. The first-order valence-electron chi connectivity index (χ1n) is 7.79. The van der Waals surface area contributed by atoms with Crippen LogP contribution in [0.1, 0.15) is 22.0 Å². The van der Waals surface area contributed by atoms with Crippen molar-refractivity contribution in [1.29, 1.82) is 0 Å². The Morgan fingerprint density at radius 2 is 1.58 bits per heavy atom. The second-order valence-corrected chi connectivity index (χ2v) is 5.63. The number of likely N-dealkylation sites (N-methyl/N-ethyl adjacent to an activating group) is 1. The highest BCUT2D eigenvalue weighted by Gasteiger charge is 2.20. The van der Waals surface area contributed by atoms with E-state index in [-0.39, 0.29) is 11.9 Å². The zero-order valence-electron chi connectivity index (χ0n) is 14.6. The van der Waals surface area contributed by atoms with Crippen LogP contribution in [0.4, 0.5) is 0 Å². The molecule has 0 saturated heterocycles. The number of carbonyl (C=O) groups is 1. The molecule has 0 radical (unpaired) electrons. The molecule has 0 aromatic heterocycles. The Kier molecular flexibility index (Phi) is 6.21. The second-order valence-electron chi connectivity index (χ2n) is 5.63. The lowest BCUT2D eigenvalue weighted by atomic mass is 10.0. The highest BCUT2D eigenvalue weighted by molar-refractivity contribution is 5.96. The third-order valence-electron chi connectivity index (χ3n) is 3.93. The number of ether oxygens (including phenoxy) is 2. The summed E-state index contributed by atoms with van der Waals surface area (Å²) in [6, 6.07) is 15.0. The molecule has 0 aliphatic carbocycles. The van der Waals surface area contributed by atoms with E-state index in [0.717, 1.165) is 11.3 Å². The number of carbonyl (C=O) groups excluding carboxylic acids is 1. The van der Waals surface area contributed by atoms with Gasteiger partial charge < -0.3 is 19.7 Å². The zero-order valence-corrected chi connectivity index (χ0v) is 14.6. The lowest BCUT2D eigenvalue weighted by molar-refractivity contribution is 0.0938. The van der Waals surface area contributed by atoms with Crippen LogP contribution in [0.2, 0.25) is 0 Å². The van der Waals surface area contributed by atoms with E-state index >= 15 is 0 Å². The van der Waals surface area contributed by atoms with Gasteiger partial charge in [-0.2, -0.15) is 0 Å². The molecule has 1 atom stereocenters. The van der Waals surface area contributed by atoms with Crippen LogP contribution in [0, 0.1) is 0 Å². The van der Waals surface area contributed by atoms with Crippen molar-refractivity contribution in [2.75, 3.05) is 34.9 Å². The summed E-state index contributed by atoms with van der Waals surface area (Å²) in [5.41, 5.74) is 1.56. The van der Waals surface area contributed by atoms with Crippen molar-refractivity contribution in [3.63, 3.8) is 0 Å². The van der Waals surface area contributed by atoms with Gasteiger partial charge in [0.1, 0.15) is 11.5 Å². The normalized spacial score (nSPS) is 11.9. The average Bonchev–Trinajstić information content (AvgIpc) is 2.61. The summed E-state index contributed by atoms with van der Waals surface area (Å²) < 4.78 is 10.7. The van der Waals surface area contributed by atoms with Crippen LogP contribution >= 0.6 is 0 Å². The van der Waals surface area contributed by atoms with Crippen LogP contribution in [0.15, 0.2) is 48.5 Å². The van der Waals surface area contributed by atoms with Crippen LogP contribution in [0.3, 0.4) is 0 Å². The van der Waals surface area contributed by atoms with Gasteiger partial charge in [-0.25, -0.2) is 0 Å². The Morgan fingerprint density at radius 3 is 2.21 bits per heavy atom. The number of hydrogen-bond donors (Lipinski definition) is 1. The standard InChI is InChI=1S/C19H24N2O3/c1-21(2)16(14-9-5-7-11-17(14)23-3)13-20-19(22)15-10-6-8-12-18(15)24-4/h5-12,16H,13H2,1-4H3,(H,20,22). The molecule has 2 rings (SSSR count). The molecule has 0 aliphatic heterocycles. The summed E-state index contributed by atoms with van der Waals surface area (Å²) in [6.07, 6.45) is 0. The number of rotatable bonds is 7. The van der Waals surface area contributed by atoms with Crippen LogP contribution in [-0.4, -0.2) is 45.7 Å². The molecule has 2 aromatic rings. The van der Waals surface area contributed by atoms with Gasteiger partial charge in [0, 0.05) is 12.1 Å². The van der Waals surface area contributed by atoms with E-state index in [1.54, 1.807) is 26.4 Å². The molecule has 0 heterocycles. The minimum Gasteiger partial charge on any atom is -0.496 e. The molecule has 1 amide bonds. The summed E-state index contributed by atoms with van der Waals surface area (Å²) in [5, 5.41) is 2.99. The third-order valence-corrected chi connectivity index (χ3v) is 3.93.